The first-order chi connectivity index (χ1) is 14.6. The number of aryl methyl sites for hydroxylation is 1. The molecule has 0 radical (unpaired) electrons. The van der Waals surface area contributed by atoms with Gasteiger partial charge < -0.3 is 10.6 Å². The minimum atomic E-state index is -0.0344. The molecule has 0 aliphatic rings. The van der Waals surface area contributed by atoms with Crippen molar-refractivity contribution >= 4 is 33.7 Å². The highest BCUT2D eigenvalue weighted by atomic mass is 32.1. The number of nitrogens with two attached hydrogens (primary N) is 1. The van der Waals surface area contributed by atoms with Crippen molar-refractivity contribution in [3.05, 3.63) is 93.9 Å². The molecule has 4 nitrogen and oxygen atoms in total. The maximum absolute atomic E-state index is 12.3. The summed E-state index contributed by atoms with van der Waals surface area (Å²) in [6, 6.07) is 23.1. The van der Waals surface area contributed by atoms with Gasteiger partial charge in [-0.15, -0.1) is 11.3 Å². The van der Waals surface area contributed by atoms with E-state index in [2.05, 4.69) is 70.4 Å². The molecule has 1 heterocycles. The maximum Gasteiger partial charge on any atom is 0.231 e. The second kappa shape index (κ2) is 9.20. The number of amides is 1. The molecule has 152 valence electrons. The number of rotatable bonds is 7. The first-order valence-electron chi connectivity index (χ1n) is 10.2. The van der Waals surface area contributed by atoms with Gasteiger partial charge in [-0.3, -0.25) is 4.79 Å². The molecule has 3 aromatic carbocycles. The molecular formula is C25H26N3OS+. The number of aromatic nitrogens is 1. The number of carbonyl (C=O) groups excluding carboxylic acids is 1. The quantitative estimate of drug-likeness (QED) is 0.462. The maximum atomic E-state index is 12.3. The Morgan fingerprint density at radius 2 is 1.83 bits per heavy atom. The highest BCUT2D eigenvalue weighted by molar-refractivity contribution is 7.09. The zero-order valence-electron chi connectivity index (χ0n) is 17.3. The molecule has 5 heteroatoms. The Kier molecular flexibility index (Phi) is 6.21. The Morgan fingerprint density at radius 3 is 2.67 bits per heavy atom. The summed E-state index contributed by atoms with van der Waals surface area (Å²) in [7, 11) is 0. The Morgan fingerprint density at radius 1 is 1.07 bits per heavy atom. The minimum absolute atomic E-state index is 0.0344. The molecule has 0 fully saturated rings. The zero-order chi connectivity index (χ0) is 20.9. The molecule has 4 rings (SSSR count). The van der Waals surface area contributed by atoms with E-state index in [0.717, 1.165) is 22.9 Å². The second-order valence-corrected chi connectivity index (χ2v) is 8.56. The van der Waals surface area contributed by atoms with Crippen LogP contribution in [0.25, 0.3) is 10.8 Å². The predicted octanol–water partition coefficient (Wildman–Crippen LogP) is 4.61. The molecule has 0 saturated heterocycles. The Labute approximate surface area is 181 Å². The number of carbonyl (C=O) groups is 1. The molecule has 0 bridgehead atoms. The molecule has 0 aliphatic carbocycles. The van der Waals surface area contributed by atoms with E-state index in [1.807, 2.05) is 31.2 Å². The van der Waals surface area contributed by atoms with Gasteiger partial charge in [0.25, 0.3) is 0 Å². The van der Waals surface area contributed by atoms with E-state index in [0.29, 0.717) is 12.5 Å². The molecule has 30 heavy (non-hydrogen) atoms. The van der Waals surface area contributed by atoms with Crippen LogP contribution in [0, 0.1) is 6.92 Å². The molecule has 4 aromatic rings. The van der Waals surface area contributed by atoms with E-state index in [4.69, 9.17) is 0 Å². The van der Waals surface area contributed by atoms with Crippen molar-refractivity contribution in [1.29, 1.82) is 0 Å². The fourth-order valence-corrected chi connectivity index (χ4v) is 4.38. The van der Waals surface area contributed by atoms with Crippen LogP contribution < -0.4 is 10.6 Å². The number of hydrogen-bond donors (Lipinski definition) is 2. The number of nitrogens with one attached hydrogen (secondary N) is 1. The van der Waals surface area contributed by atoms with Crippen LogP contribution >= 0.6 is 11.3 Å². The topological polar surface area (TPSA) is 58.6 Å². The number of thiazole rings is 1. The highest BCUT2D eigenvalue weighted by Crippen LogP contribution is 2.22. The number of anilines is 1. The third-order valence-corrected chi connectivity index (χ3v) is 6.14. The summed E-state index contributed by atoms with van der Waals surface area (Å²) >= 11 is 1.55. The van der Waals surface area contributed by atoms with Crippen molar-refractivity contribution in [2.24, 2.45) is 0 Å². The van der Waals surface area contributed by atoms with Gasteiger partial charge in [-0.2, -0.15) is 0 Å². The van der Waals surface area contributed by atoms with Crippen molar-refractivity contribution in [1.82, 2.24) is 4.98 Å². The van der Waals surface area contributed by atoms with Crippen LogP contribution in [0.5, 0.6) is 0 Å². The largest absolute Gasteiger partial charge is 0.335 e. The van der Waals surface area contributed by atoms with Crippen molar-refractivity contribution in [3.8, 4) is 0 Å². The highest BCUT2D eigenvalue weighted by Gasteiger charge is 2.14. The first kappa shape index (κ1) is 20.3. The van der Waals surface area contributed by atoms with E-state index in [1.165, 1.54) is 21.9 Å². The van der Waals surface area contributed by atoms with Crippen molar-refractivity contribution < 1.29 is 10.1 Å². The third-order valence-electron chi connectivity index (χ3n) is 5.24. The van der Waals surface area contributed by atoms with Crippen LogP contribution in [-0.4, -0.2) is 10.9 Å². The number of benzene rings is 3. The normalized spacial score (nSPS) is 12.1. The second-order valence-electron chi connectivity index (χ2n) is 7.62. The van der Waals surface area contributed by atoms with Crippen molar-refractivity contribution in [2.75, 3.05) is 5.32 Å². The molecule has 0 saturated carbocycles. The van der Waals surface area contributed by atoms with E-state index < -0.39 is 0 Å². The molecule has 1 amide bonds. The van der Waals surface area contributed by atoms with E-state index in [-0.39, 0.29) is 5.91 Å². The standard InChI is InChI=1S/C25H25N3OS/c1-17-10-12-20(13-11-17)27-24(29)14-25-28-21(16-30-25)15-26-18(2)22-9-5-7-19-6-3-4-8-23(19)22/h3-13,16,18,26H,14-15H2,1-2H3,(H,27,29)/p+1/t18-/m0/s1. The van der Waals surface area contributed by atoms with Gasteiger partial charge in [-0.25, -0.2) is 4.98 Å². The number of nitrogens with zero attached hydrogens (tertiary/aromatic N) is 1. The molecule has 1 atom stereocenters. The Bertz CT molecular complexity index is 1150. The van der Waals surface area contributed by atoms with Crippen LogP contribution in [0.15, 0.2) is 72.1 Å². The summed E-state index contributed by atoms with van der Waals surface area (Å²) in [5.74, 6) is -0.0344. The lowest BCUT2D eigenvalue weighted by molar-refractivity contribution is -0.708. The summed E-state index contributed by atoms with van der Waals surface area (Å²) in [4.78, 5) is 17.0. The van der Waals surface area contributed by atoms with Gasteiger partial charge in [0.1, 0.15) is 23.3 Å². The zero-order valence-corrected chi connectivity index (χ0v) is 18.1. The minimum Gasteiger partial charge on any atom is -0.335 e. The van der Waals surface area contributed by atoms with Gasteiger partial charge in [-0.05, 0) is 36.8 Å². The SMILES string of the molecule is Cc1ccc(NC(=O)Cc2nc(C[NH2+][C@@H](C)c3cccc4ccccc34)cs2)cc1. The van der Waals surface area contributed by atoms with Gasteiger partial charge in [0.2, 0.25) is 5.91 Å². The lowest BCUT2D eigenvalue weighted by Gasteiger charge is -2.13. The molecule has 3 N–H and O–H groups in total. The summed E-state index contributed by atoms with van der Waals surface area (Å²) in [5, 5.41) is 10.7. The smallest absolute Gasteiger partial charge is 0.231 e. The fraction of sp³-hybridized carbons (Fsp3) is 0.200. The van der Waals surface area contributed by atoms with Gasteiger partial charge in [0, 0.05) is 16.6 Å². The summed E-state index contributed by atoms with van der Waals surface area (Å²) in [6.45, 7) is 5.05. The van der Waals surface area contributed by atoms with Crippen LogP contribution in [0.3, 0.4) is 0 Å². The summed E-state index contributed by atoms with van der Waals surface area (Å²) in [6.07, 6.45) is 0.303. The number of fused-ring (bicyclic) bond motifs is 1. The van der Waals surface area contributed by atoms with Crippen LogP contribution in [0.2, 0.25) is 0 Å². The molecule has 0 spiro atoms. The first-order valence-corrected chi connectivity index (χ1v) is 11.1. The van der Waals surface area contributed by atoms with Gasteiger partial charge >= 0.3 is 0 Å². The Hall–Kier alpha value is -3.02. The van der Waals surface area contributed by atoms with Crippen molar-refractivity contribution in [3.63, 3.8) is 0 Å². The lowest BCUT2D eigenvalue weighted by Crippen LogP contribution is -2.83. The lowest BCUT2D eigenvalue weighted by atomic mass is 10.00. The molecule has 1 aromatic heterocycles. The monoisotopic (exact) mass is 416 g/mol. The third kappa shape index (κ3) is 4.93. The average molecular weight is 417 g/mol. The number of hydrogen-bond acceptors (Lipinski definition) is 3. The van der Waals surface area contributed by atoms with E-state index >= 15 is 0 Å². The van der Waals surface area contributed by atoms with Crippen LogP contribution in [-0.2, 0) is 17.8 Å². The van der Waals surface area contributed by atoms with Crippen LogP contribution in [0.4, 0.5) is 5.69 Å². The van der Waals surface area contributed by atoms with E-state index in [1.54, 1.807) is 11.3 Å². The average Bonchev–Trinajstić information content (AvgIpc) is 3.20. The Balaban J connectivity index is 1.34. The molecule has 0 aliphatic heterocycles. The van der Waals surface area contributed by atoms with Gasteiger partial charge in [0.05, 0.1) is 6.42 Å². The van der Waals surface area contributed by atoms with Crippen molar-refractivity contribution in [2.45, 2.75) is 32.9 Å². The van der Waals surface area contributed by atoms with E-state index in [9.17, 15) is 4.79 Å². The summed E-state index contributed by atoms with van der Waals surface area (Å²) < 4.78 is 0. The molecule has 0 unspecified atom stereocenters. The summed E-state index contributed by atoms with van der Waals surface area (Å²) in [5.41, 5.74) is 4.34. The fourth-order valence-electron chi connectivity index (χ4n) is 3.58. The molecular weight excluding hydrogens is 390 g/mol. The van der Waals surface area contributed by atoms with Crippen LogP contribution in [0.1, 0.15) is 34.8 Å². The number of quaternary nitrogens is 1. The predicted molar refractivity (Wildman–Crippen MR) is 124 cm³/mol. The van der Waals surface area contributed by atoms with Gasteiger partial charge in [0.15, 0.2) is 0 Å². The van der Waals surface area contributed by atoms with Gasteiger partial charge in [-0.1, -0.05) is 60.2 Å².